The lowest BCUT2D eigenvalue weighted by Gasteiger charge is -2.08. The first kappa shape index (κ1) is 12.8. The Labute approximate surface area is 106 Å². The Hall–Kier alpha value is -1.62. The van der Waals surface area contributed by atoms with Gasteiger partial charge in [-0.1, -0.05) is 12.1 Å². The number of hydrogen-bond acceptors (Lipinski definition) is 2. The summed E-state index contributed by atoms with van der Waals surface area (Å²) in [5.41, 5.74) is 0.616. The van der Waals surface area contributed by atoms with Gasteiger partial charge in [0, 0.05) is 11.3 Å². The van der Waals surface area contributed by atoms with Crippen molar-refractivity contribution in [1.29, 1.82) is 0 Å². The summed E-state index contributed by atoms with van der Waals surface area (Å²) in [4.78, 5) is 7.78. The van der Waals surface area contributed by atoms with Crippen LogP contribution in [-0.4, -0.2) is 9.97 Å². The molecule has 0 saturated carbocycles. The molecule has 18 heavy (non-hydrogen) atoms. The van der Waals surface area contributed by atoms with Crippen LogP contribution in [0.2, 0.25) is 5.28 Å². The van der Waals surface area contributed by atoms with Gasteiger partial charge in [-0.2, -0.15) is 13.2 Å². The maximum Gasteiger partial charge on any atom is 0.416 e. The minimum absolute atomic E-state index is 0.0161. The van der Waals surface area contributed by atoms with E-state index in [2.05, 4.69) is 9.97 Å². The number of aryl methyl sites for hydroxylation is 1. The standard InChI is InChI=1S/C12H8ClF3N2/c1-7-5-10(18-11(13)17-7)8-3-2-4-9(6-8)12(14,15)16/h2-6H,1H3. The third kappa shape index (κ3) is 2.79. The van der Waals surface area contributed by atoms with Crippen molar-refractivity contribution in [1.82, 2.24) is 9.97 Å². The monoisotopic (exact) mass is 272 g/mol. The summed E-state index contributed by atoms with van der Waals surface area (Å²) >= 11 is 5.69. The smallest absolute Gasteiger partial charge is 0.223 e. The average molecular weight is 273 g/mol. The number of benzene rings is 1. The van der Waals surface area contributed by atoms with Gasteiger partial charge in [-0.15, -0.1) is 0 Å². The number of aromatic nitrogens is 2. The van der Waals surface area contributed by atoms with E-state index < -0.39 is 11.7 Å². The van der Waals surface area contributed by atoms with Gasteiger partial charge in [0.1, 0.15) is 0 Å². The molecule has 1 aromatic carbocycles. The Morgan fingerprint density at radius 1 is 1.11 bits per heavy atom. The van der Waals surface area contributed by atoms with Crippen molar-refractivity contribution < 1.29 is 13.2 Å². The summed E-state index contributed by atoms with van der Waals surface area (Å²) in [7, 11) is 0. The van der Waals surface area contributed by atoms with Gasteiger partial charge in [0.2, 0.25) is 5.28 Å². The molecule has 0 fully saturated rings. The van der Waals surface area contributed by atoms with Crippen molar-refractivity contribution in [2.24, 2.45) is 0 Å². The van der Waals surface area contributed by atoms with Crippen molar-refractivity contribution in [2.45, 2.75) is 13.1 Å². The van der Waals surface area contributed by atoms with E-state index in [1.54, 1.807) is 19.1 Å². The molecule has 1 aromatic heterocycles. The van der Waals surface area contributed by atoms with Crippen LogP contribution >= 0.6 is 11.6 Å². The Bertz CT molecular complexity index is 562. The number of alkyl halides is 3. The zero-order valence-corrected chi connectivity index (χ0v) is 10.0. The molecule has 0 aliphatic carbocycles. The lowest BCUT2D eigenvalue weighted by Crippen LogP contribution is -2.04. The van der Waals surface area contributed by atoms with Crippen molar-refractivity contribution >= 4 is 11.6 Å². The summed E-state index contributed by atoms with van der Waals surface area (Å²) in [5.74, 6) is 0. The normalized spacial score (nSPS) is 11.6. The fourth-order valence-corrected chi connectivity index (χ4v) is 1.76. The van der Waals surface area contributed by atoms with E-state index in [1.165, 1.54) is 6.07 Å². The van der Waals surface area contributed by atoms with Gasteiger partial charge in [0.15, 0.2) is 0 Å². The molecule has 0 saturated heterocycles. The van der Waals surface area contributed by atoms with E-state index in [0.29, 0.717) is 17.0 Å². The molecular formula is C12H8ClF3N2. The van der Waals surface area contributed by atoms with Gasteiger partial charge in [0.25, 0.3) is 0 Å². The third-order valence-corrected chi connectivity index (χ3v) is 2.48. The van der Waals surface area contributed by atoms with E-state index in [4.69, 9.17) is 11.6 Å². The van der Waals surface area contributed by atoms with Crippen LogP contribution in [0.1, 0.15) is 11.3 Å². The first-order chi connectivity index (χ1) is 8.36. The minimum Gasteiger partial charge on any atom is -0.223 e. The fraction of sp³-hybridized carbons (Fsp3) is 0.167. The summed E-state index contributed by atoms with van der Waals surface area (Å²) in [5, 5.41) is 0.0161. The zero-order valence-electron chi connectivity index (χ0n) is 9.29. The number of hydrogen-bond donors (Lipinski definition) is 0. The van der Waals surface area contributed by atoms with Crippen LogP contribution in [0.5, 0.6) is 0 Å². The molecule has 0 aliphatic rings. The van der Waals surface area contributed by atoms with Crippen molar-refractivity contribution in [3.05, 3.63) is 46.9 Å². The van der Waals surface area contributed by atoms with Crippen LogP contribution in [0.15, 0.2) is 30.3 Å². The maximum absolute atomic E-state index is 12.6. The quantitative estimate of drug-likeness (QED) is 0.730. The molecule has 2 nitrogen and oxygen atoms in total. The highest BCUT2D eigenvalue weighted by atomic mass is 35.5. The Kier molecular flexibility index (Phi) is 3.26. The first-order valence-corrected chi connectivity index (χ1v) is 5.43. The molecule has 2 rings (SSSR count). The summed E-state index contributed by atoms with van der Waals surface area (Å²) in [6.45, 7) is 1.70. The molecule has 0 amide bonds. The van der Waals surface area contributed by atoms with E-state index >= 15 is 0 Å². The summed E-state index contributed by atoms with van der Waals surface area (Å²) in [6.07, 6.45) is -4.37. The van der Waals surface area contributed by atoms with Gasteiger partial charge >= 0.3 is 6.18 Å². The molecule has 0 spiro atoms. The molecule has 6 heteroatoms. The van der Waals surface area contributed by atoms with Crippen LogP contribution in [0.25, 0.3) is 11.3 Å². The molecule has 0 aliphatic heterocycles. The summed E-state index contributed by atoms with van der Waals surface area (Å²) < 4.78 is 37.8. The summed E-state index contributed by atoms with van der Waals surface area (Å²) in [6, 6.07) is 6.52. The van der Waals surface area contributed by atoms with Gasteiger partial charge in [-0.25, -0.2) is 9.97 Å². The van der Waals surface area contributed by atoms with Crippen molar-refractivity contribution in [3.8, 4) is 11.3 Å². The van der Waals surface area contributed by atoms with Crippen LogP contribution in [0.4, 0.5) is 13.2 Å². The number of halogens is 4. The van der Waals surface area contributed by atoms with Crippen molar-refractivity contribution in [3.63, 3.8) is 0 Å². The Balaban J connectivity index is 2.51. The van der Waals surface area contributed by atoms with Crippen LogP contribution < -0.4 is 0 Å². The maximum atomic E-state index is 12.6. The molecule has 2 aromatic rings. The second kappa shape index (κ2) is 4.57. The topological polar surface area (TPSA) is 25.8 Å². The largest absolute Gasteiger partial charge is 0.416 e. The predicted octanol–water partition coefficient (Wildman–Crippen LogP) is 4.12. The molecule has 0 radical (unpaired) electrons. The average Bonchev–Trinajstić information content (AvgIpc) is 2.27. The Morgan fingerprint density at radius 2 is 1.83 bits per heavy atom. The Morgan fingerprint density at radius 3 is 2.44 bits per heavy atom. The predicted molar refractivity (Wildman–Crippen MR) is 62.2 cm³/mol. The molecule has 0 N–H and O–H groups in total. The SMILES string of the molecule is Cc1cc(-c2cccc(C(F)(F)F)c2)nc(Cl)n1. The molecule has 1 heterocycles. The highest BCUT2D eigenvalue weighted by Gasteiger charge is 2.30. The minimum atomic E-state index is -4.37. The van der Waals surface area contributed by atoms with Gasteiger partial charge in [0.05, 0.1) is 11.3 Å². The molecule has 94 valence electrons. The first-order valence-electron chi connectivity index (χ1n) is 5.05. The van der Waals surface area contributed by atoms with Crippen LogP contribution in [0.3, 0.4) is 0 Å². The number of nitrogens with zero attached hydrogens (tertiary/aromatic N) is 2. The van der Waals surface area contributed by atoms with E-state index in [9.17, 15) is 13.2 Å². The van der Waals surface area contributed by atoms with Crippen LogP contribution in [-0.2, 0) is 6.18 Å². The molecule has 0 bridgehead atoms. The van der Waals surface area contributed by atoms with E-state index in [-0.39, 0.29) is 5.28 Å². The fourth-order valence-electron chi connectivity index (χ4n) is 1.54. The van der Waals surface area contributed by atoms with Gasteiger partial charge in [-0.3, -0.25) is 0 Å². The molecule has 0 unspecified atom stereocenters. The van der Waals surface area contributed by atoms with Gasteiger partial charge < -0.3 is 0 Å². The highest BCUT2D eigenvalue weighted by molar-refractivity contribution is 6.28. The molecular weight excluding hydrogens is 265 g/mol. The van der Waals surface area contributed by atoms with Crippen molar-refractivity contribution in [2.75, 3.05) is 0 Å². The third-order valence-electron chi connectivity index (χ3n) is 2.31. The van der Waals surface area contributed by atoms with E-state index in [1.807, 2.05) is 0 Å². The number of rotatable bonds is 1. The second-order valence-electron chi connectivity index (χ2n) is 3.74. The van der Waals surface area contributed by atoms with Crippen LogP contribution in [0, 0.1) is 6.92 Å². The molecule has 0 atom stereocenters. The lowest BCUT2D eigenvalue weighted by molar-refractivity contribution is -0.137. The van der Waals surface area contributed by atoms with E-state index in [0.717, 1.165) is 12.1 Å². The second-order valence-corrected chi connectivity index (χ2v) is 4.08. The lowest BCUT2D eigenvalue weighted by atomic mass is 10.1. The highest BCUT2D eigenvalue weighted by Crippen LogP contribution is 2.31. The van der Waals surface area contributed by atoms with Gasteiger partial charge in [-0.05, 0) is 36.7 Å². The zero-order chi connectivity index (χ0) is 13.3.